The van der Waals surface area contributed by atoms with Crippen molar-refractivity contribution in [3.8, 4) is 0 Å². The number of rotatable bonds is 6. The lowest BCUT2D eigenvalue weighted by molar-refractivity contribution is 0.483. The number of benzene rings is 1. The molecule has 0 aliphatic heterocycles. The third-order valence-corrected chi connectivity index (χ3v) is 4.88. The second kappa shape index (κ2) is 5.81. The van der Waals surface area contributed by atoms with Gasteiger partial charge in [0.2, 0.25) is 0 Å². The summed E-state index contributed by atoms with van der Waals surface area (Å²) < 4.78 is 15.6. The van der Waals surface area contributed by atoms with Gasteiger partial charge in [-0.15, -0.1) is 0 Å². The summed E-state index contributed by atoms with van der Waals surface area (Å²) in [5.41, 5.74) is 2.28. The second-order valence-corrected chi connectivity index (χ2v) is 6.55. The van der Waals surface area contributed by atoms with E-state index in [4.69, 9.17) is 0 Å². The standard InChI is InChI=1S/C18H21FN4/c1-12(23-5-4-20-11-23)8-21-9-13-6-15(13)17-10-22-18-3-2-14(19)7-16(17)18/h2-5,7,10-13,15,21-22H,6,8-9H2,1H3/t12?,13-,15+/m0/s1. The van der Waals surface area contributed by atoms with Gasteiger partial charge in [-0.1, -0.05) is 0 Å². The first-order valence-electron chi connectivity index (χ1n) is 8.17. The lowest BCUT2D eigenvalue weighted by atomic mass is 10.1. The molecule has 120 valence electrons. The smallest absolute Gasteiger partial charge is 0.123 e. The number of aromatic nitrogens is 3. The van der Waals surface area contributed by atoms with Gasteiger partial charge >= 0.3 is 0 Å². The molecule has 0 radical (unpaired) electrons. The van der Waals surface area contributed by atoms with E-state index in [2.05, 4.69) is 26.8 Å². The Labute approximate surface area is 134 Å². The highest BCUT2D eigenvalue weighted by Gasteiger charge is 2.39. The Bertz CT molecular complexity index is 793. The maximum atomic E-state index is 13.5. The van der Waals surface area contributed by atoms with Crippen LogP contribution in [-0.4, -0.2) is 27.6 Å². The topological polar surface area (TPSA) is 45.6 Å². The van der Waals surface area contributed by atoms with Crippen molar-refractivity contribution in [3.05, 3.63) is 54.5 Å². The predicted octanol–water partition coefficient (Wildman–Crippen LogP) is 3.46. The third-order valence-electron chi connectivity index (χ3n) is 4.88. The van der Waals surface area contributed by atoms with Gasteiger partial charge in [-0.2, -0.15) is 0 Å². The molecule has 5 heteroatoms. The summed E-state index contributed by atoms with van der Waals surface area (Å²) >= 11 is 0. The quantitative estimate of drug-likeness (QED) is 0.732. The molecule has 1 aliphatic carbocycles. The van der Waals surface area contributed by atoms with E-state index in [1.807, 2.05) is 31.0 Å². The zero-order valence-corrected chi connectivity index (χ0v) is 13.2. The molecule has 3 aromatic rings. The molecule has 1 fully saturated rings. The highest BCUT2D eigenvalue weighted by Crippen LogP contribution is 2.49. The molecule has 4 nitrogen and oxygen atoms in total. The van der Waals surface area contributed by atoms with Crippen LogP contribution in [0, 0.1) is 11.7 Å². The molecule has 2 N–H and O–H groups in total. The highest BCUT2D eigenvalue weighted by atomic mass is 19.1. The van der Waals surface area contributed by atoms with Crippen LogP contribution in [0.5, 0.6) is 0 Å². The maximum absolute atomic E-state index is 13.5. The fourth-order valence-electron chi connectivity index (χ4n) is 3.39. The number of hydrogen-bond acceptors (Lipinski definition) is 2. The summed E-state index contributed by atoms with van der Waals surface area (Å²) in [6.45, 7) is 4.12. The maximum Gasteiger partial charge on any atom is 0.123 e. The number of nitrogens with one attached hydrogen (secondary N) is 2. The van der Waals surface area contributed by atoms with Crippen LogP contribution in [0.4, 0.5) is 4.39 Å². The second-order valence-electron chi connectivity index (χ2n) is 6.55. The third kappa shape index (κ3) is 2.88. The molecule has 1 unspecified atom stereocenters. The summed E-state index contributed by atoms with van der Waals surface area (Å²) in [4.78, 5) is 7.33. The fourth-order valence-corrected chi connectivity index (χ4v) is 3.39. The molecule has 2 aromatic heterocycles. The largest absolute Gasteiger partial charge is 0.361 e. The minimum atomic E-state index is -0.164. The van der Waals surface area contributed by atoms with Crippen LogP contribution in [0.1, 0.15) is 30.9 Å². The zero-order valence-electron chi connectivity index (χ0n) is 13.2. The van der Waals surface area contributed by atoms with Crippen molar-refractivity contribution >= 4 is 10.9 Å². The van der Waals surface area contributed by atoms with Crippen molar-refractivity contribution in [2.45, 2.75) is 25.3 Å². The number of nitrogens with zero attached hydrogens (tertiary/aromatic N) is 2. The van der Waals surface area contributed by atoms with Crippen molar-refractivity contribution < 1.29 is 4.39 Å². The average Bonchev–Trinajstić information content (AvgIpc) is 2.98. The van der Waals surface area contributed by atoms with Crippen molar-refractivity contribution in [2.75, 3.05) is 13.1 Å². The molecule has 1 aliphatic rings. The van der Waals surface area contributed by atoms with Crippen LogP contribution < -0.4 is 5.32 Å². The predicted molar refractivity (Wildman–Crippen MR) is 88.9 cm³/mol. The van der Waals surface area contributed by atoms with E-state index in [1.165, 1.54) is 18.1 Å². The molecule has 23 heavy (non-hydrogen) atoms. The van der Waals surface area contributed by atoms with Crippen LogP contribution in [0.3, 0.4) is 0 Å². The Balaban J connectivity index is 1.34. The van der Waals surface area contributed by atoms with E-state index in [9.17, 15) is 4.39 Å². The van der Waals surface area contributed by atoms with Gasteiger partial charge in [-0.25, -0.2) is 9.37 Å². The SMILES string of the molecule is CC(CNC[C@@H]1C[C@H]1c1c[nH]c2ccc(F)cc12)n1ccnc1. The Morgan fingerprint density at radius 3 is 3.22 bits per heavy atom. The number of imidazole rings is 1. The van der Waals surface area contributed by atoms with Crippen LogP contribution in [0.2, 0.25) is 0 Å². The van der Waals surface area contributed by atoms with Crippen molar-refractivity contribution in [2.24, 2.45) is 5.92 Å². The van der Waals surface area contributed by atoms with E-state index < -0.39 is 0 Å². The molecular formula is C18H21FN4. The van der Waals surface area contributed by atoms with E-state index in [-0.39, 0.29) is 5.82 Å². The molecule has 0 amide bonds. The molecule has 4 rings (SSSR count). The van der Waals surface area contributed by atoms with Gasteiger partial charge in [0.1, 0.15) is 5.82 Å². The van der Waals surface area contributed by atoms with E-state index in [0.29, 0.717) is 17.9 Å². The summed E-state index contributed by atoms with van der Waals surface area (Å²) in [5, 5.41) is 4.59. The lowest BCUT2D eigenvalue weighted by Gasteiger charge is -2.13. The summed E-state index contributed by atoms with van der Waals surface area (Å²) in [6, 6.07) is 5.37. The summed E-state index contributed by atoms with van der Waals surface area (Å²) in [7, 11) is 0. The van der Waals surface area contributed by atoms with Gasteiger partial charge in [0.05, 0.1) is 6.33 Å². The van der Waals surface area contributed by atoms with Crippen LogP contribution >= 0.6 is 0 Å². The first-order valence-corrected chi connectivity index (χ1v) is 8.17. The van der Waals surface area contributed by atoms with Gasteiger partial charge in [-0.3, -0.25) is 0 Å². The molecule has 1 aromatic carbocycles. The van der Waals surface area contributed by atoms with E-state index in [0.717, 1.165) is 24.0 Å². The monoisotopic (exact) mass is 312 g/mol. The number of halogens is 1. The molecule has 3 atom stereocenters. The fraction of sp³-hybridized carbons (Fsp3) is 0.389. The van der Waals surface area contributed by atoms with Crippen LogP contribution in [0.15, 0.2) is 43.1 Å². The van der Waals surface area contributed by atoms with E-state index >= 15 is 0 Å². The summed E-state index contributed by atoms with van der Waals surface area (Å²) in [5.74, 6) is 1.02. The van der Waals surface area contributed by atoms with Crippen LogP contribution in [0.25, 0.3) is 10.9 Å². The first kappa shape index (κ1) is 14.5. The molecular weight excluding hydrogens is 291 g/mol. The lowest BCUT2D eigenvalue weighted by Crippen LogP contribution is -2.25. The molecule has 1 saturated carbocycles. The molecule has 2 heterocycles. The van der Waals surface area contributed by atoms with Gasteiger partial charge < -0.3 is 14.9 Å². The van der Waals surface area contributed by atoms with Crippen molar-refractivity contribution in [1.29, 1.82) is 0 Å². The molecule has 0 bridgehead atoms. The molecule has 0 saturated heterocycles. The van der Waals surface area contributed by atoms with Gasteiger partial charge in [0, 0.05) is 42.1 Å². The highest BCUT2D eigenvalue weighted by molar-refractivity contribution is 5.84. The number of aromatic amines is 1. The Kier molecular flexibility index (Phi) is 3.65. The summed E-state index contributed by atoms with van der Waals surface area (Å²) in [6.07, 6.45) is 8.88. The number of fused-ring (bicyclic) bond motifs is 1. The van der Waals surface area contributed by atoms with E-state index in [1.54, 1.807) is 6.07 Å². The van der Waals surface area contributed by atoms with Gasteiger partial charge in [0.15, 0.2) is 0 Å². The Morgan fingerprint density at radius 1 is 1.48 bits per heavy atom. The Morgan fingerprint density at radius 2 is 2.39 bits per heavy atom. The van der Waals surface area contributed by atoms with Gasteiger partial charge in [-0.05, 0) is 55.5 Å². The number of hydrogen-bond donors (Lipinski definition) is 2. The minimum Gasteiger partial charge on any atom is -0.361 e. The van der Waals surface area contributed by atoms with Crippen molar-refractivity contribution in [1.82, 2.24) is 19.9 Å². The Hall–Kier alpha value is -2.14. The molecule has 0 spiro atoms. The van der Waals surface area contributed by atoms with Crippen LogP contribution in [-0.2, 0) is 0 Å². The van der Waals surface area contributed by atoms with Gasteiger partial charge in [0.25, 0.3) is 0 Å². The van der Waals surface area contributed by atoms with Crippen molar-refractivity contribution in [3.63, 3.8) is 0 Å². The first-order chi connectivity index (χ1) is 11.2. The zero-order chi connectivity index (χ0) is 15.8. The average molecular weight is 312 g/mol. The minimum absolute atomic E-state index is 0.164. The number of H-pyrrole nitrogens is 1. The normalized spacial score (nSPS) is 21.7.